The number of hydrogen-bond donors (Lipinski definition) is 0. The van der Waals surface area contributed by atoms with E-state index in [1.54, 1.807) is 0 Å². The lowest BCUT2D eigenvalue weighted by Gasteiger charge is -2.12. The van der Waals surface area contributed by atoms with Crippen LogP contribution in [-0.4, -0.2) is 0 Å². The number of hydrogen-bond acceptors (Lipinski definition) is 0. The molecule has 1 atom stereocenters. The molecule has 0 radical (unpaired) electrons. The van der Waals surface area contributed by atoms with Crippen LogP contribution in [0, 0.1) is 29.1 Å². The van der Waals surface area contributed by atoms with Gasteiger partial charge in [-0.05, 0) is 30.2 Å². The SMILES string of the molecule is Fc1ccc(CC(Cl)c2cc(F)c(F)cc2F)cc1F. The molecule has 106 valence electrons. The number of rotatable bonds is 3. The lowest BCUT2D eigenvalue weighted by molar-refractivity contribution is 0.489. The highest BCUT2D eigenvalue weighted by atomic mass is 35.5. The fourth-order valence-corrected chi connectivity index (χ4v) is 2.11. The Morgan fingerprint density at radius 3 is 2.00 bits per heavy atom. The highest BCUT2D eigenvalue weighted by Crippen LogP contribution is 2.29. The van der Waals surface area contributed by atoms with Crippen LogP contribution >= 0.6 is 11.6 Å². The van der Waals surface area contributed by atoms with Gasteiger partial charge in [0.05, 0.1) is 5.38 Å². The van der Waals surface area contributed by atoms with Crippen molar-refractivity contribution in [3.05, 3.63) is 70.5 Å². The van der Waals surface area contributed by atoms with E-state index in [-0.39, 0.29) is 12.0 Å². The van der Waals surface area contributed by atoms with Gasteiger partial charge >= 0.3 is 0 Å². The molecule has 0 saturated heterocycles. The summed E-state index contributed by atoms with van der Waals surface area (Å²) in [7, 11) is 0. The van der Waals surface area contributed by atoms with Gasteiger partial charge in [0.1, 0.15) is 5.82 Å². The molecule has 6 heteroatoms. The molecule has 1 unspecified atom stereocenters. The summed E-state index contributed by atoms with van der Waals surface area (Å²) < 4.78 is 65.2. The largest absolute Gasteiger partial charge is 0.207 e. The molecule has 0 fully saturated rings. The number of benzene rings is 2. The Labute approximate surface area is 116 Å². The molecule has 0 aliphatic carbocycles. The monoisotopic (exact) mass is 306 g/mol. The van der Waals surface area contributed by atoms with E-state index in [1.807, 2.05) is 0 Å². The van der Waals surface area contributed by atoms with E-state index in [9.17, 15) is 22.0 Å². The molecule has 0 saturated carbocycles. The van der Waals surface area contributed by atoms with Gasteiger partial charge in [0.2, 0.25) is 0 Å². The third-order valence-electron chi connectivity index (χ3n) is 2.78. The zero-order valence-electron chi connectivity index (χ0n) is 9.94. The minimum Gasteiger partial charge on any atom is -0.207 e. The minimum absolute atomic E-state index is 0.0548. The molecule has 2 aromatic rings. The first kappa shape index (κ1) is 14.8. The number of alkyl halides is 1. The van der Waals surface area contributed by atoms with Gasteiger partial charge in [-0.3, -0.25) is 0 Å². The summed E-state index contributed by atoms with van der Waals surface area (Å²) in [5.41, 5.74) is 0.0725. The van der Waals surface area contributed by atoms with Crippen LogP contribution < -0.4 is 0 Å². The molecular weight excluding hydrogens is 299 g/mol. The van der Waals surface area contributed by atoms with Crippen molar-refractivity contribution in [2.45, 2.75) is 11.8 Å². The minimum atomic E-state index is -1.32. The highest BCUT2D eigenvalue weighted by molar-refractivity contribution is 6.20. The summed E-state index contributed by atoms with van der Waals surface area (Å²) >= 11 is 5.92. The summed E-state index contributed by atoms with van der Waals surface area (Å²) in [6.07, 6.45) is -0.0548. The van der Waals surface area contributed by atoms with E-state index < -0.39 is 34.5 Å². The lowest BCUT2D eigenvalue weighted by atomic mass is 10.0. The van der Waals surface area contributed by atoms with E-state index in [0.717, 1.165) is 12.1 Å². The maximum absolute atomic E-state index is 13.5. The standard InChI is InChI=1S/C14H8ClF5/c15-9(3-7-1-2-10(16)12(18)4-7)8-5-13(19)14(20)6-11(8)17/h1-2,4-6,9H,3H2. The van der Waals surface area contributed by atoms with Crippen LogP contribution in [0.25, 0.3) is 0 Å². The highest BCUT2D eigenvalue weighted by Gasteiger charge is 2.18. The summed E-state index contributed by atoms with van der Waals surface area (Å²) in [4.78, 5) is 0. The Balaban J connectivity index is 2.25. The van der Waals surface area contributed by atoms with Gasteiger partial charge < -0.3 is 0 Å². The molecular formula is C14H8ClF5. The van der Waals surface area contributed by atoms with E-state index in [2.05, 4.69) is 0 Å². The van der Waals surface area contributed by atoms with Crippen molar-refractivity contribution in [2.75, 3.05) is 0 Å². The first-order valence-electron chi connectivity index (χ1n) is 5.61. The normalized spacial score (nSPS) is 12.5. The molecule has 0 bridgehead atoms. The topological polar surface area (TPSA) is 0 Å². The fraction of sp³-hybridized carbons (Fsp3) is 0.143. The Kier molecular flexibility index (Phi) is 4.28. The van der Waals surface area contributed by atoms with Crippen molar-refractivity contribution in [1.82, 2.24) is 0 Å². The third kappa shape index (κ3) is 3.10. The molecule has 20 heavy (non-hydrogen) atoms. The second-order valence-electron chi connectivity index (χ2n) is 4.21. The zero-order valence-corrected chi connectivity index (χ0v) is 10.7. The van der Waals surface area contributed by atoms with Gasteiger partial charge in [0, 0.05) is 11.6 Å². The molecule has 0 aliphatic rings. The Hall–Kier alpha value is -1.62. The average molecular weight is 307 g/mol. The Morgan fingerprint density at radius 1 is 0.750 bits per heavy atom. The summed E-state index contributed by atoms with van der Waals surface area (Å²) in [6, 6.07) is 4.16. The Bertz CT molecular complexity index is 642. The summed E-state index contributed by atoms with van der Waals surface area (Å²) in [5, 5.41) is -1.03. The molecule has 0 nitrogen and oxygen atoms in total. The van der Waals surface area contributed by atoms with Gasteiger partial charge in [-0.2, -0.15) is 0 Å². The van der Waals surface area contributed by atoms with E-state index in [4.69, 9.17) is 11.6 Å². The van der Waals surface area contributed by atoms with Crippen LogP contribution in [0.5, 0.6) is 0 Å². The first-order chi connectivity index (χ1) is 9.38. The molecule has 0 aliphatic heterocycles. The van der Waals surface area contributed by atoms with Crippen molar-refractivity contribution in [3.63, 3.8) is 0 Å². The second-order valence-corrected chi connectivity index (χ2v) is 4.73. The summed E-state index contributed by atoms with van der Waals surface area (Å²) in [5.74, 6) is -5.61. The van der Waals surface area contributed by atoms with Crippen LogP contribution in [0.1, 0.15) is 16.5 Å². The van der Waals surface area contributed by atoms with Crippen LogP contribution in [0.15, 0.2) is 30.3 Å². The van der Waals surface area contributed by atoms with Crippen molar-refractivity contribution in [2.24, 2.45) is 0 Å². The maximum atomic E-state index is 13.5. The summed E-state index contributed by atoms with van der Waals surface area (Å²) in [6.45, 7) is 0. The number of halogens is 6. The molecule has 2 rings (SSSR count). The predicted molar refractivity (Wildman–Crippen MR) is 65.0 cm³/mol. The zero-order chi connectivity index (χ0) is 14.9. The van der Waals surface area contributed by atoms with Crippen LogP contribution in [0.4, 0.5) is 22.0 Å². The first-order valence-corrected chi connectivity index (χ1v) is 6.04. The molecule has 2 aromatic carbocycles. The van der Waals surface area contributed by atoms with Crippen LogP contribution in [-0.2, 0) is 6.42 Å². The Morgan fingerprint density at radius 2 is 1.35 bits per heavy atom. The predicted octanol–water partition coefficient (Wildman–Crippen LogP) is 4.90. The molecule has 0 aromatic heterocycles. The average Bonchev–Trinajstić information content (AvgIpc) is 2.38. The molecule has 0 amide bonds. The maximum Gasteiger partial charge on any atom is 0.161 e. The van der Waals surface area contributed by atoms with E-state index >= 15 is 0 Å². The van der Waals surface area contributed by atoms with E-state index in [0.29, 0.717) is 17.7 Å². The third-order valence-corrected chi connectivity index (χ3v) is 3.17. The lowest BCUT2D eigenvalue weighted by Crippen LogP contribution is -2.02. The van der Waals surface area contributed by atoms with Gasteiger partial charge in [0.15, 0.2) is 23.3 Å². The van der Waals surface area contributed by atoms with Gasteiger partial charge in [-0.15, -0.1) is 11.6 Å². The van der Waals surface area contributed by atoms with Gasteiger partial charge in [-0.25, -0.2) is 22.0 Å². The van der Waals surface area contributed by atoms with Crippen molar-refractivity contribution in [3.8, 4) is 0 Å². The smallest absolute Gasteiger partial charge is 0.161 e. The van der Waals surface area contributed by atoms with Gasteiger partial charge in [-0.1, -0.05) is 6.07 Å². The fourth-order valence-electron chi connectivity index (χ4n) is 1.76. The van der Waals surface area contributed by atoms with Crippen LogP contribution in [0.2, 0.25) is 0 Å². The molecule has 0 N–H and O–H groups in total. The van der Waals surface area contributed by atoms with Crippen molar-refractivity contribution < 1.29 is 22.0 Å². The van der Waals surface area contributed by atoms with Gasteiger partial charge in [0.25, 0.3) is 0 Å². The molecule has 0 heterocycles. The quantitative estimate of drug-likeness (QED) is 0.429. The van der Waals surface area contributed by atoms with Crippen LogP contribution in [0.3, 0.4) is 0 Å². The van der Waals surface area contributed by atoms with Crippen molar-refractivity contribution in [1.29, 1.82) is 0 Å². The van der Waals surface area contributed by atoms with Crippen molar-refractivity contribution >= 4 is 11.6 Å². The van der Waals surface area contributed by atoms with E-state index in [1.165, 1.54) is 6.07 Å². The second kappa shape index (κ2) is 5.79. The molecule has 0 spiro atoms.